The number of benzene rings is 1. The van der Waals surface area contributed by atoms with Gasteiger partial charge in [-0.1, -0.05) is 18.2 Å². The fourth-order valence-corrected chi connectivity index (χ4v) is 2.63. The van der Waals surface area contributed by atoms with Gasteiger partial charge in [0.05, 0.1) is 12.2 Å². The molecule has 3 rings (SSSR count). The van der Waals surface area contributed by atoms with Crippen LogP contribution in [0.5, 0.6) is 0 Å². The molecule has 1 aliphatic rings. The quantitative estimate of drug-likeness (QED) is 0.542. The van der Waals surface area contributed by atoms with Crippen LogP contribution in [0.2, 0.25) is 0 Å². The lowest BCUT2D eigenvalue weighted by molar-refractivity contribution is -0.232. The molecule has 1 aromatic heterocycles. The Hall–Kier alpha value is -1.77. The molecule has 7 heteroatoms. The number of aliphatic hydroxyl groups excluding tert-OH is 4. The second-order valence-electron chi connectivity index (χ2n) is 5.28. The van der Waals surface area contributed by atoms with E-state index in [1.165, 1.54) is 6.07 Å². The molecular formula is C15H16O7. The second-order valence-corrected chi connectivity index (χ2v) is 5.28. The van der Waals surface area contributed by atoms with Gasteiger partial charge in [-0.15, -0.1) is 0 Å². The van der Waals surface area contributed by atoms with Crippen LogP contribution in [-0.4, -0.2) is 51.4 Å². The van der Waals surface area contributed by atoms with E-state index < -0.39 is 42.8 Å². The number of hydrogen-bond donors (Lipinski definition) is 4. The summed E-state index contributed by atoms with van der Waals surface area (Å²) in [6.45, 7) is -0.555. The van der Waals surface area contributed by atoms with Gasteiger partial charge in [-0.2, -0.15) is 0 Å². The Labute approximate surface area is 125 Å². The van der Waals surface area contributed by atoms with Crippen LogP contribution in [0.1, 0.15) is 11.7 Å². The largest absolute Gasteiger partial charge is 0.422 e. The normalized spacial score (nSPS) is 32.3. The first-order chi connectivity index (χ1) is 10.5. The molecule has 0 aliphatic carbocycles. The summed E-state index contributed by atoms with van der Waals surface area (Å²) in [5.74, 6) is 0. The highest BCUT2D eigenvalue weighted by atomic mass is 16.5. The second kappa shape index (κ2) is 5.79. The first-order valence-corrected chi connectivity index (χ1v) is 6.86. The number of hydrogen-bond acceptors (Lipinski definition) is 7. The third-order valence-electron chi connectivity index (χ3n) is 3.87. The first kappa shape index (κ1) is 15.1. The zero-order valence-corrected chi connectivity index (χ0v) is 11.5. The van der Waals surface area contributed by atoms with E-state index in [0.29, 0.717) is 11.0 Å². The molecule has 1 aliphatic heterocycles. The zero-order valence-electron chi connectivity index (χ0n) is 11.5. The third kappa shape index (κ3) is 2.43. The van der Waals surface area contributed by atoms with Crippen molar-refractivity contribution >= 4 is 11.0 Å². The van der Waals surface area contributed by atoms with Crippen LogP contribution in [0, 0.1) is 0 Å². The Morgan fingerprint density at radius 3 is 2.50 bits per heavy atom. The average molecular weight is 308 g/mol. The molecule has 4 N–H and O–H groups in total. The summed E-state index contributed by atoms with van der Waals surface area (Å²) in [5, 5.41) is 39.5. The lowest BCUT2D eigenvalue weighted by Crippen LogP contribution is -2.55. The molecule has 22 heavy (non-hydrogen) atoms. The maximum absolute atomic E-state index is 12.1. The van der Waals surface area contributed by atoms with E-state index in [2.05, 4.69) is 0 Å². The zero-order chi connectivity index (χ0) is 15.9. The summed E-state index contributed by atoms with van der Waals surface area (Å²) < 4.78 is 10.5. The molecule has 0 spiro atoms. The molecule has 2 aromatic rings. The first-order valence-electron chi connectivity index (χ1n) is 6.86. The summed E-state index contributed by atoms with van der Waals surface area (Å²) in [6.07, 6.45) is -6.79. The Morgan fingerprint density at radius 2 is 1.77 bits per heavy atom. The SMILES string of the molecule is O=c1oc2ccccc2cc1C1O[C@H](CO)[C@H](O)[C@H](O)[C@H]1O. The van der Waals surface area contributed by atoms with Gasteiger partial charge >= 0.3 is 5.63 Å². The topological polar surface area (TPSA) is 120 Å². The maximum atomic E-state index is 12.1. The number of rotatable bonds is 2. The average Bonchev–Trinajstić information content (AvgIpc) is 2.53. The van der Waals surface area contributed by atoms with Crippen molar-refractivity contribution in [3.05, 3.63) is 46.3 Å². The van der Waals surface area contributed by atoms with Crippen LogP contribution in [0.25, 0.3) is 11.0 Å². The summed E-state index contributed by atoms with van der Waals surface area (Å²) in [4.78, 5) is 12.1. The molecule has 0 bridgehead atoms. The number of para-hydroxylation sites is 1. The van der Waals surface area contributed by atoms with Crippen molar-refractivity contribution in [3.63, 3.8) is 0 Å². The van der Waals surface area contributed by atoms with Crippen molar-refractivity contribution in [3.8, 4) is 0 Å². The van der Waals surface area contributed by atoms with E-state index in [1.54, 1.807) is 24.3 Å². The standard InChI is InChI=1S/C15H16O7/c16-6-10-11(17)12(18)13(19)14(21-10)8-5-7-3-1-2-4-9(7)22-15(8)20/h1-5,10-14,16-19H,6H2/t10-,11+,12+,13-,14?/m1/s1. The van der Waals surface area contributed by atoms with Crippen molar-refractivity contribution in [1.29, 1.82) is 0 Å². The molecule has 0 saturated carbocycles. The number of ether oxygens (including phenoxy) is 1. The molecule has 118 valence electrons. The highest BCUT2D eigenvalue weighted by Gasteiger charge is 2.45. The van der Waals surface area contributed by atoms with E-state index in [9.17, 15) is 25.2 Å². The van der Waals surface area contributed by atoms with Gasteiger partial charge < -0.3 is 29.6 Å². The Kier molecular flexibility index (Phi) is 3.98. The third-order valence-corrected chi connectivity index (χ3v) is 3.87. The van der Waals surface area contributed by atoms with Gasteiger partial charge in [0.15, 0.2) is 0 Å². The molecule has 0 radical (unpaired) electrons. The summed E-state index contributed by atoms with van der Waals surface area (Å²) in [6, 6.07) is 8.35. The van der Waals surface area contributed by atoms with Gasteiger partial charge in [-0.05, 0) is 12.1 Å². The Bertz CT molecular complexity index is 723. The molecule has 1 unspecified atom stereocenters. The molecule has 0 amide bonds. The summed E-state index contributed by atoms with van der Waals surface area (Å²) >= 11 is 0. The van der Waals surface area contributed by atoms with E-state index >= 15 is 0 Å². The molecule has 1 saturated heterocycles. The van der Waals surface area contributed by atoms with Crippen LogP contribution in [0.4, 0.5) is 0 Å². The lowest BCUT2D eigenvalue weighted by Gasteiger charge is -2.39. The van der Waals surface area contributed by atoms with E-state index in [0.717, 1.165) is 0 Å². The van der Waals surface area contributed by atoms with Crippen LogP contribution in [-0.2, 0) is 4.74 Å². The lowest BCUT2D eigenvalue weighted by atomic mass is 9.91. The summed E-state index contributed by atoms with van der Waals surface area (Å²) in [7, 11) is 0. The monoisotopic (exact) mass is 308 g/mol. The fraction of sp³-hybridized carbons (Fsp3) is 0.400. The minimum Gasteiger partial charge on any atom is -0.422 e. The van der Waals surface area contributed by atoms with E-state index in [1.807, 2.05) is 0 Å². The number of fused-ring (bicyclic) bond motifs is 1. The Morgan fingerprint density at radius 1 is 1.05 bits per heavy atom. The smallest absolute Gasteiger partial charge is 0.342 e. The maximum Gasteiger partial charge on any atom is 0.342 e. The predicted molar refractivity (Wildman–Crippen MR) is 75.2 cm³/mol. The van der Waals surface area contributed by atoms with Crippen molar-refractivity contribution in [1.82, 2.24) is 0 Å². The Balaban J connectivity index is 2.05. The van der Waals surface area contributed by atoms with Crippen molar-refractivity contribution in [2.75, 3.05) is 6.61 Å². The van der Waals surface area contributed by atoms with E-state index in [4.69, 9.17) is 9.15 Å². The van der Waals surface area contributed by atoms with Gasteiger partial charge in [-0.25, -0.2) is 4.79 Å². The van der Waals surface area contributed by atoms with Gasteiger partial charge in [-0.3, -0.25) is 0 Å². The highest BCUT2D eigenvalue weighted by molar-refractivity contribution is 5.76. The molecule has 7 nitrogen and oxygen atoms in total. The van der Waals surface area contributed by atoms with Gasteiger partial charge in [0.1, 0.15) is 36.1 Å². The van der Waals surface area contributed by atoms with Gasteiger partial charge in [0, 0.05) is 5.39 Å². The van der Waals surface area contributed by atoms with Crippen LogP contribution in [0.3, 0.4) is 0 Å². The molecular weight excluding hydrogens is 292 g/mol. The fourth-order valence-electron chi connectivity index (χ4n) is 2.63. The minimum absolute atomic E-state index is 0.0237. The molecule has 5 atom stereocenters. The van der Waals surface area contributed by atoms with Gasteiger partial charge in [0.2, 0.25) is 0 Å². The molecule has 1 fully saturated rings. The summed E-state index contributed by atoms with van der Waals surface area (Å²) in [5.41, 5.74) is -0.292. The van der Waals surface area contributed by atoms with Crippen LogP contribution < -0.4 is 5.63 Å². The van der Waals surface area contributed by atoms with Crippen molar-refractivity contribution < 1.29 is 29.6 Å². The van der Waals surface area contributed by atoms with Crippen molar-refractivity contribution in [2.24, 2.45) is 0 Å². The van der Waals surface area contributed by atoms with E-state index in [-0.39, 0.29) is 5.56 Å². The minimum atomic E-state index is -1.54. The number of aliphatic hydroxyl groups is 4. The van der Waals surface area contributed by atoms with Gasteiger partial charge in [0.25, 0.3) is 0 Å². The van der Waals surface area contributed by atoms with Crippen LogP contribution in [0.15, 0.2) is 39.5 Å². The highest BCUT2D eigenvalue weighted by Crippen LogP contribution is 2.31. The molecule has 2 heterocycles. The van der Waals surface area contributed by atoms with Crippen molar-refractivity contribution in [2.45, 2.75) is 30.5 Å². The molecule has 1 aromatic carbocycles. The predicted octanol–water partition coefficient (Wildman–Crippen LogP) is -0.692. The van der Waals surface area contributed by atoms with Crippen LogP contribution >= 0.6 is 0 Å².